The first-order chi connectivity index (χ1) is 9.03. The number of aliphatic hydroxyl groups excluding tert-OH is 1. The number of aliphatic hydroxyl groups is 1. The maximum atomic E-state index is 11.5. The van der Waals surface area contributed by atoms with Gasteiger partial charge >= 0.3 is 0 Å². The van der Waals surface area contributed by atoms with Gasteiger partial charge in [0, 0.05) is 12.1 Å². The third-order valence-electron chi connectivity index (χ3n) is 4.12. The molecule has 3 atom stereocenters. The first-order valence-corrected chi connectivity index (χ1v) is 8.57. The number of nitrogens with one attached hydrogen (secondary N) is 1. The van der Waals surface area contributed by atoms with Crippen LogP contribution in [-0.4, -0.2) is 43.2 Å². The van der Waals surface area contributed by atoms with Crippen molar-refractivity contribution in [1.29, 1.82) is 0 Å². The smallest absolute Gasteiger partial charge is 0.154 e. The predicted octanol–water partition coefficient (Wildman–Crippen LogP) is 0.291. The first kappa shape index (κ1) is 13.1. The molecule has 0 amide bonds. The number of aryl methyl sites for hydroxylation is 1. The number of hydrogen-bond donors (Lipinski definition) is 2. The number of sulfone groups is 1. The molecular formula is C14H19NO3S. The fraction of sp³-hybridized carbons (Fsp3) is 0.571. The van der Waals surface area contributed by atoms with Gasteiger partial charge in [-0.3, -0.25) is 0 Å². The Kier molecular flexibility index (Phi) is 3.37. The summed E-state index contributed by atoms with van der Waals surface area (Å²) in [5, 5.41) is 13.1. The molecule has 1 heterocycles. The molecule has 5 heteroatoms. The molecule has 1 aromatic rings. The molecule has 1 aliphatic heterocycles. The Bertz CT molecular complexity index is 570. The van der Waals surface area contributed by atoms with Gasteiger partial charge in [-0.2, -0.15) is 0 Å². The van der Waals surface area contributed by atoms with Crippen LogP contribution in [0.25, 0.3) is 0 Å². The van der Waals surface area contributed by atoms with Gasteiger partial charge in [0.05, 0.1) is 17.6 Å². The lowest BCUT2D eigenvalue weighted by atomic mass is 9.88. The van der Waals surface area contributed by atoms with Crippen LogP contribution in [-0.2, 0) is 22.7 Å². The molecule has 19 heavy (non-hydrogen) atoms. The Morgan fingerprint density at radius 2 is 1.89 bits per heavy atom. The van der Waals surface area contributed by atoms with E-state index in [0.717, 1.165) is 19.3 Å². The summed E-state index contributed by atoms with van der Waals surface area (Å²) in [6.07, 6.45) is 2.17. The van der Waals surface area contributed by atoms with Crippen molar-refractivity contribution in [1.82, 2.24) is 5.32 Å². The van der Waals surface area contributed by atoms with Crippen LogP contribution in [0.15, 0.2) is 24.3 Å². The van der Waals surface area contributed by atoms with Gasteiger partial charge < -0.3 is 10.4 Å². The van der Waals surface area contributed by atoms with Crippen LogP contribution in [0.1, 0.15) is 17.5 Å². The highest BCUT2D eigenvalue weighted by Crippen LogP contribution is 2.22. The van der Waals surface area contributed by atoms with E-state index in [1.807, 2.05) is 6.07 Å². The van der Waals surface area contributed by atoms with E-state index < -0.39 is 15.9 Å². The highest BCUT2D eigenvalue weighted by atomic mass is 32.2. The average Bonchev–Trinajstić information content (AvgIpc) is 2.62. The van der Waals surface area contributed by atoms with Gasteiger partial charge in [0.2, 0.25) is 0 Å². The van der Waals surface area contributed by atoms with Crippen molar-refractivity contribution in [2.24, 2.45) is 0 Å². The van der Waals surface area contributed by atoms with Crippen molar-refractivity contribution in [3.63, 3.8) is 0 Å². The van der Waals surface area contributed by atoms with Crippen LogP contribution in [0, 0.1) is 0 Å². The second-order valence-corrected chi connectivity index (χ2v) is 7.78. The lowest BCUT2D eigenvalue weighted by Gasteiger charge is -2.29. The summed E-state index contributed by atoms with van der Waals surface area (Å²) in [6, 6.07) is 8.34. The zero-order chi connectivity index (χ0) is 13.5. The summed E-state index contributed by atoms with van der Waals surface area (Å²) in [5.41, 5.74) is 2.72. The molecule has 0 aromatic heterocycles. The molecule has 0 radical (unpaired) electrons. The van der Waals surface area contributed by atoms with Crippen molar-refractivity contribution in [3.8, 4) is 0 Å². The third-order valence-corrected chi connectivity index (χ3v) is 5.84. The number of rotatable bonds is 2. The molecule has 1 aliphatic carbocycles. The largest absolute Gasteiger partial charge is 0.390 e. The maximum Gasteiger partial charge on any atom is 0.154 e. The van der Waals surface area contributed by atoms with Crippen LogP contribution in [0.4, 0.5) is 0 Å². The standard InChI is InChI=1S/C14H19NO3S/c16-14-9-19(17,18)8-13(14)15-12-6-5-10-3-1-2-4-11(10)7-12/h1-4,12-16H,5-9H2. The first-order valence-electron chi connectivity index (χ1n) is 6.75. The lowest BCUT2D eigenvalue weighted by Crippen LogP contribution is -2.47. The van der Waals surface area contributed by atoms with E-state index in [9.17, 15) is 13.5 Å². The Morgan fingerprint density at radius 1 is 1.16 bits per heavy atom. The third kappa shape index (κ3) is 2.83. The summed E-state index contributed by atoms with van der Waals surface area (Å²) in [5.74, 6) is -0.0414. The number of benzene rings is 1. The number of hydrogen-bond acceptors (Lipinski definition) is 4. The molecule has 2 aliphatic rings. The Balaban J connectivity index is 1.67. The van der Waals surface area contributed by atoms with Crippen LogP contribution in [0.2, 0.25) is 0 Å². The molecule has 1 saturated heterocycles. The molecule has 0 bridgehead atoms. The van der Waals surface area contributed by atoms with E-state index in [-0.39, 0.29) is 23.6 Å². The molecule has 0 spiro atoms. The Hall–Kier alpha value is -0.910. The number of fused-ring (bicyclic) bond motifs is 1. The molecule has 104 valence electrons. The van der Waals surface area contributed by atoms with Gasteiger partial charge in [0.15, 0.2) is 9.84 Å². The van der Waals surface area contributed by atoms with Gasteiger partial charge in [-0.1, -0.05) is 24.3 Å². The summed E-state index contributed by atoms with van der Waals surface area (Å²) in [7, 11) is -3.07. The molecule has 1 fully saturated rings. The van der Waals surface area contributed by atoms with Crippen LogP contribution in [0.5, 0.6) is 0 Å². The van der Waals surface area contributed by atoms with E-state index >= 15 is 0 Å². The average molecular weight is 281 g/mol. The fourth-order valence-electron chi connectivity index (χ4n) is 3.13. The minimum absolute atomic E-state index is 0.0618. The monoisotopic (exact) mass is 281 g/mol. The van der Waals surface area contributed by atoms with E-state index in [4.69, 9.17) is 0 Å². The zero-order valence-corrected chi connectivity index (χ0v) is 11.6. The molecule has 0 saturated carbocycles. The second-order valence-electron chi connectivity index (χ2n) is 5.63. The van der Waals surface area contributed by atoms with Crippen molar-refractivity contribution in [2.45, 2.75) is 37.5 Å². The van der Waals surface area contributed by atoms with Gasteiger partial charge in [0.25, 0.3) is 0 Å². The molecule has 3 rings (SSSR count). The zero-order valence-electron chi connectivity index (χ0n) is 10.7. The minimum atomic E-state index is -3.07. The maximum absolute atomic E-state index is 11.5. The topological polar surface area (TPSA) is 66.4 Å². The predicted molar refractivity (Wildman–Crippen MR) is 73.8 cm³/mol. The van der Waals surface area contributed by atoms with Crippen LogP contribution >= 0.6 is 0 Å². The molecule has 3 unspecified atom stereocenters. The van der Waals surface area contributed by atoms with Gasteiger partial charge in [-0.25, -0.2) is 8.42 Å². The highest BCUT2D eigenvalue weighted by Gasteiger charge is 2.37. The van der Waals surface area contributed by atoms with E-state index in [2.05, 4.69) is 23.5 Å². The van der Waals surface area contributed by atoms with Gasteiger partial charge in [0.1, 0.15) is 0 Å². The SMILES string of the molecule is O=S1(=O)CC(O)C(NC2CCc3ccccc3C2)C1. The quantitative estimate of drug-likeness (QED) is 0.818. The summed E-state index contributed by atoms with van der Waals surface area (Å²) in [4.78, 5) is 0. The second kappa shape index (κ2) is 4.89. The summed E-state index contributed by atoms with van der Waals surface area (Å²) < 4.78 is 23.0. The van der Waals surface area contributed by atoms with Crippen molar-refractivity contribution in [2.75, 3.05) is 11.5 Å². The lowest BCUT2D eigenvalue weighted by molar-refractivity contribution is 0.157. The van der Waals surface area contributed by atoms with Gasteiger partial charge in [-0.05, 0) is 30.4 Å². The molecular weight excluding hydrogens is 262 g/mol. The fourth-order valence-corrected chi connectivity index (χ4v) is 4.89. The highest BCUT2D eigenvalue weighted by molar-refractivity contribution is 7.91. The van der Waals surface area contributed by atoms with E-state index in [1.54, 1.807) is 0 Å². The van der Waals surface area contributed by atoms with E-state index in [1.165, 1.54) is 11.1 Å². The van der Waals surface area contributed by atoms with Crippen molar-refractivity contribution >= 4 is 9.84 Å². The van der Waals surface area contributed by atoms with E-state index in [0.29, 0.717) is 0 Å². The van der Waals surface area contributed by atoms with Gasteiger partial charge in [-0.15, -0.1) is 0 Å². The minimum Gasteiger partial charge on any atom is -0.390 e. The normalized spacial score (nSPS) is 33.0. The van der Waals surface area contributed by atoms with Crippen molar-refractivity contribution < 1.29 is 13.5 Å². The Labute approximate surface area is 113 Å². The molecule has 2 N–H and O–H groups in total. The summed E-state index contributed by atoms with van der Waals surface area (Å²) >= 11 is 0. The van der Waals surface area contributed by atoms with Crippen LogP contribution < -0.4 is 5.32 Å². The molecule has 4 nitrogen and oxygen atoms in total. The van der Waals surface area contributed by atoms with Crippen LogP contribution in [0.3, 0.4) is 0 Å². The molecule has 1 aromatic carbocycles. The van der Waals surface area contributed by atoms with Crippen molar-refractivity contribution in [3.05, 3.63) is 35.4 Å². The summed E-state index contributed by atoms with van der Waals surface area (Å²) in [6.45, 7) is 0. The Morgan fingerprint density at radius 3 is 2.58 bits per heavy atom.